The van der Waals surface area contributed by atoms with Crippen LogP contribution in [0.5, 0.6) is 23.0 Å². The highest BCUT2D eigenvalue weighted by Crippen LogP contribution is 2.43. The van der Waals surface area contributed by atoms with Crippen LogP contribution in [-0.2, 0) is 5.41 Å². The molecule has 5 nitrogen and oxygen atoms in total. The number of rotatable bonds is 4. The van der Waals surface area contributed by atoms with E-state index in [4.69, 9.17) is 18.9 Å². The first-order valence-corrected chi connectivity index (χ1v) is 8.98. The Bertz CT molecular complexity index is 869. The summed E-state index contributed by atoms with van der Waals surface area (Å²) in [6.07, 6.45) is 2.04. The summed E-state index contributed by atoms with van der Waals surface area (Å²) in [7, 11) is 4.84. The summed E-state index contributed by atoms with van der Waals surface area (Å²) in [5.41, 5.74) is 4.47. The molecule has 0 atom stereocenters. The average molecular weight is 370 g/mol. The Morgan fingerprint density at radius 2 is 1.59 bits per heavy atom. The molecular weight excluding hydrogens is 342 g/mol. The van der Waals surface area contributed by atoms with Gasteiger partial charge in [-0.2, -0.15) is 4.58 Å². The predicted octanol–water partition coefficient (Wildman–Crippen LogP) is 4.43. The van der Waals surface area contributed by atoms with Crippen LogP contribution in [-0.4, -0.2) is 38.9 Å². The van der Waals surface area contributed by atoms with Crippen molar-refractivity contribution in [1.82, 2.24) is 0 Å². The fraction of sp³-hybridized carbons (Fsp3) is 0.409. The van der Waals surface area contributed by atoms with Crippen molar-refractivity contribution < 1.29 is 23.5 Å². The lowest BCUT2D eigenvalue weighted by Crippen LogP contribution is -2.12. The van der Waals surface area contributed by atoms with Gasteiger partial charge >= 0.3 is 0 Å². The molecule has 0 N–H and O–H groups in total. The van der Waals surface area contributed by atoms with Crippen LogP contribution in [0, 0.1) is 6.92 Å². The quantitative estimate of drug-likeness (QED) is 0.747. The Kier molecular flexibility index (Phi) is 5.05. The second kappa shape index (κ2) is 7.14. The Labute approximate surface area is 161 Å². The molecule has 0 spiro atoms. The normalized spacial score (nSPS) is 14.7. The highest BCUT2D eigenvalue weighted by atomic mass is 16.5. The van der Waals surface area contributed by atoms with E-state index in [1.165, 1.54) is 11.1 Å². The standard InChI is InChI=1S/C22H28NO4/c1-14-8-16(22(2,3)4)20-17(9-14)23(13-27-20)12-15-10-18(24-5)21(26-7)19(11-15)25-6/h8-12H,13H2,1-7H3/q+1/b23-12-. The fourth-order valence-electron chi connectivity index (χ4n) is 3.34. The van der Waals surface area contributed by atoms with Gasteiger partial charge in [-0.15, -0.1) is 0 Å². The van der Waals surface area contributed by atoms with E-state index in [1.807, 2.05) is 18.3 Å². The van der Waals surface area contributed by atoms with Gasteiger partial charge in [0.15, 0.2) is 17.7 Å². The predicted molar refractivity (Wildman–Crippen MR) is 107 cm³/mol. The van der Waals surface area contributed by atoms with E-state index in [0.29, 0.717) is 24.0 Å². The van der Waals surface area contributed by atoms with Crippen molar-refractivity contribution in [2.45, 2.75) is 33.1 Å². The van der Waals surface area contributed by atoms with Gasteiger partial charge in [0.2, 0.25) is 11.5 Å². The maximum absolute atomic E-state index is 6.06. The molecule has 0 fully saturated rings. The monoisotopic (exact) mass is 370 g/mol. The summed E-state index contributed by atoms with van der Waals surface area (Å²) >= 11 is 0. The molecule has 1 aliphatic rings. The third kappa shape index (κ3) is 3.59. The molecule has 2 aromatic rings. The molecule has 1 heterocycles. The van der Waals surface area contributed by atoms with Crippen molar-refractivity contribution in [1.29, 1.82) is 0 Å². The van der Waals surface area contributed by atoms with Crippen molar-refractivity contribution in [3.05, 3.63) is 41.0 Å². The zero-order valence-corrected chi connectivity index (χ0v) is 17.2. The molecule has 0 radical (unpaired) electrons. The zero-order chi connectivity index (χ0) is 19.8. The van der Waals surface area contributed by atoms with E-state index < -0.39 is 0 Å². The maximum atomic E-state index is 6.06. The topological polar surface area (TPSA) is 39.9 Å². The summed E-state index contributed by atoms with van der Waals surface area (Å²) < 4.78 is 24.5. The molecule has 0 aromatic heterocycles. The van der Waals surface area contributed by atoms with Gasteiger partial charge in [0.1, 0.15) is 0 Å². The van der Waals surface area contributed by atoms with Gasteiger partial charge in [-0.05, 0) is 30.0 Å². The number of methoxy groups -OCH3 is 3. The Balaban J connectivity index is 2.11. The van der Waals surface area contributed by atoms with Crippen LogP contribution in [0.25, 0.3) is 0 Å². The Morgan fingerprint density at radius 1 is 0.963 bits per heavy atom. The lowest BCUT2D eigenvalue weighted by molar-refractivity contribution is -0.452. The maximum Gasteiger partial charge on any atom is 0.293 e. The van der Waals surface area contributed by atoms with Crippen LogP contribution >= 0.6 is 0 Å². The first-order valence-electron chi connectivity index (χ1n) is 8.98. The number of hydrogen-bond acceptors (Lipinski definition) is 4. The lowest BCUT2D eigenvalue weighted by Gasteiger charge is -2.20. The van der Waals surface area contributed by atoms with Gasteiger partial charge in [0.25, 0.3) is 12.4 Å². The second-order valence-corrected chi connectivity index (χ2v) is 7.74. The number of nitrogens with zero attached hydrogens (tertiary/aromatic N) is 1. The minimum Gasteiger partial charge on any atom is -0.493 e. The molecule has 27 heavy (non-hydrogen) atoms. The second-order valence-electron chi connectivity index (χ2n) is 7.74. The summed E-state index contributed by atoms with van der Waals surface area (Å²) in [5.74, 6) is 2.80. The number of benzene rings is 2. The van der Waals surface area contributed by atoms with Crippen LogP contribution in [0.4, 0.5) is 5.69 Å². The highest BCUT2D eigenvalue weighted by Gasteiger charge is 2.32. The number of hydrogen-bond donors (Lipinski definition) is 0. The minimum absolute atomic E-state index is 0.0126. The van der Waals surface area contributed by atoms with E-state index in [9.17, 15) is 0 Å². The van der Waals surface area contributed by atoms with E-state index in [-0.39, 0.29) is 5.41 Å². The Hall–Kier alpha value is -2.69. The van der Waals surface area contributed by atoms with E-state index in [2.05, 4.69) is 44.4 Å². The molecule has 0 unspecified atom stereocenters. The fourth-order valence-corrected chi connectivity index (χ4v) is 3.34. The van der Waals surface area contributed by atoms with Crippen molar-refractivity contribution >= 4 is 11.9 Å². The number of ether oxygens (including phenoxy) is 4. The van der Waals surface area contributed by atoms with Gasteiger partial charge in [-0.3, -0.25) is 0 Å². The third-order valence-electron chi connectivity index (χ3n) is 4.67. The van der Waals surface area contributed by atoms with E-state index in [1.54, 1.807) is 21.3 Å². The van der Waals surface area contributed by atoms with Gasteiger partial charge in [0, 0.05) is 17.2 Å². The molecule has 5 heteroatoms. The molecule has 0 bridgehead atoms. The lowest BCUT2D eigenvalue weighted by atomic mass is 9.85. The third-order valence-corrected chi connectivity index (χ3v) is 4.67. The van der Waals surface area contributed by atoms with Crippen molar-refractivity contribution in [3.8, 4) is 23.0 Å². The summed E-state index contributed by atoms with van der Waals surface area (Å²) in [6.45, 7) is 9.20. The molecule has 0 aliphatic carbocycles. The molecule has 3 rings (SSSR count). The molecular formula is C22H28NO4+. The van der Waals surface area contributed by atoms with Crippen molar-refractivity contribution in [2.75, 3.05) is 28.1 Å². The van der Waals surface area contributed by atoms with Gasteiger partial charge in [-0.1, -0.05) is 26.8 Å². The molecule has 0 amide bonds. The van der Waals surface area contributed by atoms with Crippen molar-refractivity contribution in [3.63, 3.8) is 0 Å². The number of fused-ring (bicyclic) bond motifs is 1. The summed E-state index contributed by atoms with van der Waals surface area (Å²) in [5, 5.41) is 0. The van der Waals surface area contributed by atoms with Crippen LogP contribution in [0.15, 0.2) is 24.3 Å². The molecule has 0 saturated carbocycles. The smallest absolute Gasteiger partial charge is 0.293 e. The summed E-state index contributed by atoms with van der Waals surface area (Å²) in [6, 6.07) is 8.23. The van der Waals surface area contributed by atoms with Crippen molar-refractivity contribution in [2.24, 2.45) is 0 Å². The van der Waals surface area contributed by atoms with Crippen LogP contribution in [0.2, 0.25) is 0 Å². The first kappa shape index (κ1) is 19.1. The molecule has 2 aromatic carbocycles. The largest absolute Gasteiger partial charge is 0.493 e. The molecule has 1 aliphatic heterocycles. The first-order chi connectivity index (χ1) is 12.8. The van der Waals surface area contributed by atoms with Crippen LogP contribution in [0.1, 0.15) is 37.5 Å². The van der Waals surface area contributed by atoms with Gasteiger partial charge in [0.05, 0.1) is 21.3 Å². The minimum atomic E-state index is 0.0126. The number of aryl methyl sites for hydroxylation is 1. The summed E-state index contributed by atoms with van der Waals surface area (Å²) in [4.78, 5) is 0. The Morgan fingerprint density at radius 3 is 2.11 bits per heavy atom. The molecule has 144 valence electrons. The average Bonchev–Trinajstić information content (AvgIpc) is 3.01. The van der Waals surface area contributed by atoms with Gasteiger partial charge < -0.3 is 18.9 Å². The van der Waals surface area contributed by atoms with E-state index >= 15 is 0 Å². The van der Waals surface area contributed by atoms with E-state index in [0.717, 1.165) is 17.0 Å². The highest BCUT2D eigenvalue weighted by molar-refractivity contribution is 5.80. The van der Waals surface area contributed by atoms with Crippen LogP contribution < -0.4 is 18.9 Å². The van der Waals surface area contributed by atoms with Crippen LogP contribution in [0.3, 0.4) is 0 Å². The van der Waals surface area contributed by atoms with Gasteiger partial charge in [-0.25, -0.2) is 0 Å². The zero-order valence-electron chi connectivity index (χ0n) is 17.2. The molecule has 0 saturated heterocycles. The SMILES string of the molecule is COc1cc(/C=[N+]2/COc3c2cc(C)cc3C(C)(C)C)cc(OC)c1OC.